The van der Waals surface area contributed by atoms with Gasteiger partial charge in [0.1, 0.15) is 0 Å². The number of hydrogen-bond donors (Lipinski definition) is 3. The summed E-state index contributed by atoms with van der Waals surface area (Å²) in [7, 11) is 0. The van der Waals surface area contributed by atoms with Crippen LogP contribution in [-0.2, 0) is 9.59 Å². The van der Waals surface area contributed by atoms with Gasteiger partial charge in [0, 0.05) is 6.54 Å². The Hall–Kier alpha value is -1.10. The van der Waals surface area contributed by atoms with Crippen LogP contribution in [0.25, 0.3) is 0 Å². The van der Waals surface area contributed by atoms with Gasteiger partial charge < -0.3 is 16.2 Å². The zero-order valence-corrected chi connectivity index (χ0v) is 10.5. The van der Waals surface area contributed by atoms with Gasteiger partial charge in [-0.05, 0) is 24.2 Å². The van der Waals surface area contributed by atoms with Crippen LogP contribution in [0.15, 0.2) is 0 Å². The van der Waals surface area contributed by atoms with Crippen LogP contribution in [-0.4, -0.2) is 29.6 Å². The first-order chi connectivity index (χ1) is 7.86. The fourth-order valence-electron chi connectivity index (χ4n) is 2.11. The van der Waals surface area contributed by atoms with Crippen molar-refractivity contribution in [3.8, 4) is 0 Å². The molecule has 5 heteroatoms. The summed E-state index contributed by atoms with van der Waals surface area (Å²) in [6.07, 6.45) is 2.91. The van der Waals surface area contributed by atoms with E-state index in [2.05, 4.69) is 5.32 Å². The Bertz CT molecular complexity index is 298. The summed E-state index contributed by atoms with van der Waals surface area (Å²) in [6.45, 7) is 4.21. The van der Waals surface area contributed by atoms with E-state index in [4.69, 9.17) is 10.8 Å². The minimum atomic E-state index is -0.799. The fraction of sp³-hybridized carbons (Fsp3) is 0.833. The standard InChI is InChI=1S/C12H22N2O3/c1-8(2)10(13)11(17)14-7-12(4-3-5-12)6-9(15)16/h8,10H,3-7,13H2,1-2H3,(H,14,17)(H,15,16). The summed E-state index contributed by atoms with van der Waals surface area (Å²) in [5, 5.41) is 11.6. The van der Waals surface area contributed by atoms with Crippen LogP contribution in [0.1, 0.15) is 39.5 Å². The smallest absolute Gasteiger partial charge is 0.303 e. The number of nitrogens with one attached hydrogen (secondary N) is 1. The van der Waals surface area contributed by atoms with Crippen LogP contribution < -0.4 is 11.1 Å². The topological polar surface area (TPSA) is 92.4 Å². The van der Waals surface area contributed by atoms with Gasteiger partial charge >= 0.3 is 5.97 Å². The van der Waals surface area contributed by atoms with Crippen molar-refractivity contribution in [2.45, 2.75) is 45.6 Å². The van der Waals surface area contributed by atoms with Gasteiger partial charge in [0.05, 0.1) is 12.5 Å². The molecule has 0 saturated heterocycles. The Morgan fingerprint density at radius 2 is 2.00 bits per heavy atom. The van der Waals surface area contributed by atoms with Crippen molar-refractivity contribution >= 4 is 11.9 Å². The van der Waals surface area contributed by atoms with Crippen LogP contribution in [0.2, 0.25) is 0 Å². The SMILES string of the molecule is CC(C)C(N)C(=O)NCC1(CC(=O)O)CCC1. The number of carbonyl (C=O) groups is 2. The second-order valence-corrected chi connectivity index (χ2v) is 5.41. The molecule has 0 aromatic rings. The predicted octanol–water partition coefficient (Wildman–Crippen LogP) is 0.731. The molecule has 98 valence electrons. The van der Waals surface area contributed by atoms with E-state index < -0.39 is 12.0 Å². The molecule has 0 spiro atoms. The molecule has 0 bridgehead atoms. The van der Waals surface area contributed by atoms with E-state index in [-0.39, 0.29) is 23.7 Å². The minimum absolute atomic E-state index is 0.0896. The molecule has 1 aliphatic carbocycles. The number of rotatable bonds is 6. The summed E-state index contributed by atoms with van der Waals surface area (Å²) < 4.78 is 0. The van der Waals surface area contributed by atoms with Crippen molar-refractivity contribution in [3.63, 3.8) is 0 Å². The van der Waals surface area contributed by atoms with Crippen molar-refractivity contribution < 1.29 is 14.7 Å². The van der Waals surface area contributed by atoms with E-state index in [0.29, 0.717) is 6.54 Å². The highest BCUT2D eigenvalue weighted by molar-refractivity contribution is 5.81. The maximum Gasteiger partial charge on any atom is 0.303 e. The highest BCUT2D eigenvalue weighted by atomic mass is 16.4. The second-order valence-electron chi connectivity index (χ2n) is 5.41. The van der Waals surface area contributed by atoms with Gasteiger partial charge in [-0.3, -0.25) is 9.59 Å². The van der Waals surface area contributed by atoms with Crippen LogP contribution in [0.4, 0.5) is 0 Å². The molecule has 1 aliphatic rings. The second kappa shape index (κ2) is 5.49. The molecule has 4 N–H and O–H groups in total. The lowest BCUT2D eigenvalue weighted by molar-refractivity contribution is -0.142. The van der Waals surface area contributed by atoms with Gasteiger partial charge in [0.15, 0.2) is 0 Å². The molecule has 5 nitrogen and oxygen atoms in total. The number of hydrogen-bond acceptors (Lipinski definition) is 3. The minimum Gasteiger partial charge on any atom is -0.481 e. The molecule has 0 heterocycles. The Balaban J connectivity index is 2.43. The van der Waals surface area contributed by atoms with Gasteiger partial charge in [-0.15, -0.1) is 0 Å². The third-order valence-electron chi connectivity index (χ3n) is 3.60. The van der Waals surface area contributed by atoms with E-state index >= 15 is 0 Å². The fourth-order valence-corrected chi connectivity index (χ4v) is 2.11. The van der Waals surface area contributed by atoms with Gasteiger partial charge in [-0.1, -0.05) is 20.3 Å². The molecular weight excluding hydrogens is 220 g/mol. The lowest BCUT2D eigenvalue weighted by Crippen LogP contribution is -2.49. The summed E-state index contributed by atoms with van der Waals surface area (Å²) in [5.74, 6) is -0.893. The average Bonchev–Trinajstić information content (AvgIpc) is 2.19. The number of carbonyl (C=O) groups excluding carboxylic acids is 1. The molecule has 17 heavy (non-hydrogen) atoms. The highest BCUT2D eigenvalue weighted by Crippen LogP contribution is 2.43. The first kappa shape index (κ1) is 14.0. The third-order valence-corrected chi connectivity index (χ3v) is 3.60. The van der Waals surface area contributed by atoms with Crippen molar-refractivity contribution in [3.05, 3.63) is 0 Å². The molecule has 0 aromatic heterocycles. The Kier molecular flexibility index (Phi) is 4.51. The quantitative estimate of drug-likeness (QED) is 0.640. The molecule has 1 saturated carbocycles. The number of aliphatic carboxylic acids is 1. The van der Waals surface area contributed by atoms with Crippen molar-refractivity contribution in [2.75, 3.05) is 6.54 Å². The van der Waals surface area contributed by atoms with Crippen LogP contribution >= 0.6 is 0 Å². The van der Waals surface area contributed by atoms with Crippen LogP contribution in [0.3, 0.4) is 0 Å². The van der Waals surface area contributed by atoms with E-state index in [1.54, 1.807) is 0 Å². The first-order valence-electron chi connectivity index (χ1n) is 6.11. The van der Waals surface area contributed by atoms with E-state index in [9.17, 15) is 9.59 Å². The molecule has 1 amide bonds. The Labute approximate surface area is 102 Å². The molecule has 1 rings (SSSR count). The maximum atomic E-state index is 11.7. The molecule has 1 atom stereocenters. The van der Waals surface area contributed by atoms with Crippen molar-refractivity contribution in [1.29, 1.82) is 0 Å². The van der Waals surface area contributed by atoms with Crippen LogP contribution in [0, 0.1) is 11.3 Å². The Morgan fingerprint density at radius 1 is 1.41 bits per heavy atom. The zero-order chi connectivity index (χ0) is 13.1. The third kappa shape index (κ3) is 3.70. The summed E-state index contributed by atoms with van der Waals surface area (Å²) in [4.78, 5) is 22.4. The van der Waals surface area contributed by atoms with Crippen molar-refractivity contribution in [2.24, 2.45) is 17.1 Å². The van der Waals surface area contributed by atoms with E-state index in [1.807, 2.05) is 13.8 Å². The van der Waals surface area contributed by atoms with E-state index in [0.717, 1.165) is 19.3 Å². The van der Waals surface area contributed by atoms with Crippen molar-refractivity contribution in [1.82, 2.24) is 5.32 Å². The normalized spacial score (nSPS) is 19.5. The molecule has 1 unspecified atom stereocenters. The van der Waals surface area contributed by atoms with Gasteiger partial charge in [-0.2, -0.15) is 0 Å². The molecule has 0 radical (unpaired) electrons. The summed E-state index contributed by atoms with van der Waals surface area (Å²) >= 11 is 0. The molecule has 1 fully saturated rings. The largest absolute Gasteiger partial charge is 0.481 e. The zero-order valence-electron chi connectivity index (χ0n) is 10.5. The monoisotopic (exact) mass is 242 g/mol. The average molecular weight is 242 g/mol. The number of nitrogens with two attached hydrogens (primary N) is 1. The van der Waals surface area contributed by atoms with Gasteiger partial charge in [-0.25, -0.2) is 0 Å². The molecular formula is C12H22N2O3. The highest BCUT2D eigenvalue weighted by Gasteiger charge is 2.39. The number of amides is 1. The van der Waals surface area contributed by atoms with Gasteiger partial charge in [0.25, 0.3) is 0 Å². The molecule has 0 aromatic carbocycles. The first-order valence-corrected chi connectivity index (χ1v) is 6.11. The number of carboxylic acid groups (broad SMARTS) is 1. The lowest BCUT2D eigenvalue weighted by atomic mass is 9.66. The molecule has 0 aliphatic heterocycles. The van der Waals surface area contributed by atoms with E-state index in [1.165, 1.54) is 0 Å². The lowest BCUT2D eigenvalue weighted by Gasteiger charge is -2.41. The Morgan fingerprint density at radius 3 is 2.35 bits per heavy atom. The van der Waals surface area contributed by atoms with Gasteiger partial charge in [0.2, 0.25) is 5.91 Å². The summed E-state index contributed by atoms with van der Waals surface area (Å²) in [6, 6.07) is -0.517. The number of carboxylic acids is 1. The van der Waals surface area contributed by atoms with Crippen LogP contribution in [0.5, 0.6) is 0 Å². The maximum absolute atomic E-state index is 11.7. The summed E-state index contributed by atoms with van der Waals surface area (Å²) in [5.41, 5.74) is 5.48. The predicted molar refractivity (Wildman–Crippen MR) is 64.4 cm³/mol.